The highest BCUT2D eigenvalue weighted by molar-refractivity contribution is 5.99. The van der Waals surface area contributed by atoms with Crippen molar-refractivity contribution in [2.45, 2.75) is 26.7 Å². The van der Waals surface area contributed by atoms with Gasteiger partial charge in [-0.05, 0) is 12.0 Å². The van der Waals surface area contributed by atoms with Gasteiger partial charge in [0.25, 0.3) is 5.91 Å². The molecule has 0 spiro atoms. The SMILES string of the molecule is CCC(CC)CNC(=O)c1ccncc1NN. The number of aromatic nitrogens is 1. The Morgan fingerprint density at radius 2 is 2.18 bits per heavy atom. The van der Waals surface area contributed by atoms with Crippen molar-refractivity contribution in [3.63, 3.8) is 0 Å². The fourth-order valence-corrected chi connectivity index (χ4v) is 1.62. The van der Waals surface area contributed by atoms with Crippen LogP contribution in [0.2, 0.25) is 0 Å². The molecule has 0 saturated heterocycles. The van der Waals surface area contributed by atoms with Crippen molar-refractivity contribution in [1.82, 2.24) is 10.3 Å². The summed E-state index contributed by atoms with van der Waals surface area (Å²) >= 11 is 0. The second kappa shape index (κ2) is 6.85. The van der Waals surface area contributed by atoms with E-state index in [4.69, 9.17) is 5.84 Å². The summed E-state index contributed by atoms with van der Waals surface area (Å²) in [6, 6.07) is 1.65. The van der Waals surface area contributed by atoms with Crippen LogP contribution in [0.4, 0.5) is 5.69 Å². The van der Waals surface area contributed by atoms with Crippen LogP contribution in [0.15, 0.2) is 18.5 Å². The zero-order valence-electron chi connectivity index (χ0n) is 10.4. The average molecular weight is 236 g/mol. The minimum atomic E-state index is -0.118. The minimum Gasteiger partial charge on any atom is -0.352 e. The van der Waals surface area contributed by atoms with Crippen molar-refractivity contribution in [1.29, 1.82) is 0 Å². The summed E-state index contributed by atoms with van der Waals surface area (Å²) in [4.78, 5) is 15.8. The Morgan fingerprint density at radius 1 is 1.47 bits per heavy atom. The number of hydrazine groups is 1. The molecule has 17 heavy (non-hydrogen) atoms. The predicted octanol–water partition coefficient (Wildman–Crippen LogP) is 1.53. The maximum atomic E-state index is 11.9. The number of pyridine rings is 1. The van der Waals surface area contributed by atoms with Crippen molar-refractivity contribution < 1.29 is 4.79 Å². The van der Waals surface area contributed by atoms with Gasteiger partial charge in [-0.15, -0.1) is 0 Å². The molecule has 0 aliphatic rings. The van der Waals surface area contributed by atoms with Crippen LogP contribution >= 0.6 is 0 Å². The number of nitrogen functional groups attached to an aromatic ring is 1. The fourth-order valence-electron chi connectivity index (χ4n) is 1.62. The lowest BCUT2D eigenvalue weighted by atomic mass is 10.0. The maximum absolute atomic E-state index is 11.9. The molecule has 0 aromatic carbocycles. The van der Waals surface area contributed by atoms with E-state index < -0.39 is 0 Å². The van der Waals surface area contributed by atoms with Crippen LogP contribution in [0, 0.1) is 5.92 Å². The lowest BCUT2D eigenvalue weighted by Crippen LogP contribution is -2.30. The van der Waals surface area contributed by atoms with E-state index in [-0.39, 0.29) is 5.91 Å². The van der Waals surface area contributed by atoms with Crippen molar-refractivity contribution in [2.24, 2.45) is 11.8 Å². The van der Waals surface area contributed by atoms with Gasteiger partial charge in [-0.2, -0.15) is 0 Å². The van der Waals surface area contributed by atoms with Crippen LogP contribution in [0.25, 0.3) is 0 Å². The van der Waals surface area contributed by atoms with E-state index in [0.29, 0.717) is 23.7 Å². The Balaban J connectivity index is 2.63. The number of hydrogen-bond donors (Lipinski definition) is 3. The van der Waals surface area contributed by atoms with Crippen molar-refractivity contribution in [2.75, 3.05) is 12.0 Å². The molecular formula is C12H20N4O. The molecule has 1 rings (SSSR count). The largest absolute Gasteiger partial charge is 0.352 e. The Bertz CT molecular complexity index is 363. The summed E-state index contributed by atoms with van der Waals surface area (Å²) in [6.07, 6.45) is 5.24. The first-order chi connectivity index (χ1) is 8.22. The maximum Gasteiger partial charge on any atom is 0.253 e. The molecule has 1 aromatic heterocycles. The van der Waals surface area contributed by atoms with Gasteiger partial charge in [0.1, 0.15) is 0 Å². The molecule has 1 amide bonds. The molecule has 0 aliphatic heterocycles. The minimum absolute atomic E-state index is 0.118. The van der Waals surface area contributed by atoms with Gasteiger partial charge in [-0.1, -0.05) is 26.7 Å². The Kier molecular flexibility index (Phi) is 5.42. The van der Waals surface area contributed by atoms with Crippen LogP contribution in [0.1, 0.15) is 37.0 Å². The van der Waals surface area contributed by atoms with Crippen molar-refractivity contribution in [3.8, 4) is 0 Å². The number of carbonyl (C=O) groups excluding carboxylic acids is 1. The summed E-state index contributed by atoms with van der Waals surface area (Å²) in [6.45, 7) is 4.94. The van der Waals surface area contributed by atoms with Gasteiger partial charge >= 0.3 is 0 Å². The summed E-state index contributed by atoms with van der Waals surface area (Å²) in [5.74, 6) is 5.73. The number of nitrogens with zero attached hydrogens (tertiary/aromatic N) is 1. The molecule has 1 heterocycles. The van der Waals surface area contributed by atoms with Gasteiger partial charge < -0.3 is 10.7 Å². The zero-order valence-corrected chi connectivity index (χ0v) is 10.4. The number of amides is 1. The van der Waals surface area contributed by atoms with Crippen LogP contribution in [-0.2, 0) is 0 Å². The number of carbonyl (C=O) groups is 1. The van der Waals surface area contributed by atoms with E-state index in [1.807, 2.05) is 0 Å². The fraction of sp³-hybridized carbons (Fsp3) is 0.500. The molecule has 0 radical (unpaired) electrons. The van der Waals surface area contributed by atoms with Gasteiger partial charge in [0.2, 0.25) is 0 Å². The van der Waals surface area contributed by atoms with Crippen LogP contribution in [-0.4, -0.2) is 17.4 Å². The number of anilines is 1. The molecule has 0 saturated carbocycles. The molecular weight excluding hydrogens is 216 g/mol. The first kappa shape index (κ1) is 13.4. The van der Waals surface area contributed by atoms with Gasteiger partial charge in [-0.3, -0.25) is 15.6 Å². The first-order valence-corrected chi connectivity index (χ1v) is 5.91. The molecule has 0 bridgehead atoms. The van der Waals surface area contributed by atoms with Crippen molar-refractivity contribution in [3.05, 3.63) is 24.0 Å². The lowest BCUT2D eigenvalue weighted by Gasteiger charge is -2.14. The number of rotatable bonds is 6. The molecule has 5 heteroatoms. The molecule has 0 fully saturated rings. The molecule has 0 aliphatic carbocycles. The third-order valence-electron chi connectivity index (χ3n) is 2.93. The zero-order chi connectivity index (χ0) is 12.7. The normalized spacial score (nSPS) is 10.4. The second-order valence-corrected chi connectivity index (χ2v) is 3.96. The third-order valence-corrected chi connectivity index (χ3v) is 2.93. The lowest BCUT2D eigenvalue weighted by molar-refractivity contribution is 0.0947. The Morgan fingerprint density at radius 3 is 2.76 bits per heavy atom. The van der Waals surface area contributed by atoms with Crippen LogP contribution in [0.5, 0.6) is 0 Å². The Hall–Kier alpha value is -1.62. The topological polar surface area (TPSA) is 80.0 Å². The van der Waals surface area contributed by atoms with Gasteiger partial charge in [0, 0.05) is 12.7 Å². The molecule has 0 atom stereocenters. The van der Waals surface area contributed by atoms with Crippen LogP contribution < -0.4 is 16.6 Å². The highest BCUT2D eigenvalue weighted by Crippen LogP contribution is 2.12. The van der Waals surface area contributed by atoms with Gasteiger partial charge in [0.15, 0.2) is 0 Å². The van der Waals surface area contributed by atoms with E-state index in [1.165, 1.54) is 6.20 Å². The summed E-state index contributed by atoms with van der Waals surface area (Å²) < 4.78 is 0. The highest BCUT2D eigenvalue weighted by Gasteiger charge is 2.12. The van der Waals surface area contributed by atoms with E-state index in [1.54, 1.807) is 12.3 Å². The Labute approximate surface area is 102 Å². The van der Waals surface area contributed by atoms with Crippen molar-refractivity contribution >= 4 is 11.6 Å². The average Bonchev–Trinajstić information content (AvgIpc) is 2.39. The van der Waals surface area contributed by atoms with Gasteiger partial charge in [0.05, 0.1) is 17.4 Å². The predicted molar refractivity (Wildman–Crippen MR) is 68.5 cm³/mol. The number of nitrogens with one attached hydrogen (secondary N) is 2. The van der Waals surface area contributed by atoms with E-state index in [9.17, 15) is 4.79 Å². The molecule has 94 valence electrons. The smallest absolute Gasteiger partial charge is 0.253 e. The van der Waals surface area contributed by atoms with E-state index in [0.717, 1.165) is 12.8 Å². The summed E-state index contributed by atoms with van der Waals surface area (Å²) in [5, 5.41) is 2.91. The van der Waals surface area contributed by atoms with E-state index in [2.05, 4.69) is 29.6 Å². The molecule has 4 N–H and O–H groups in total. The molecule has 0 unspecified atom stereocenters. The number of nitrogens with two attached hydrogens (primary N) is 1. The highest BCUT2D eigenvalue weighted by atomic mass is 16.1. The van der Waals surface area contributed by atoms with Gasteiger partial charge in [-0.25, -0.2) is 0 Å². The second-order valence-electron chi connectivity index (χ2n) is 3.96. The quantitative estimate of drug-likeness (QED) is 0.517. The molecule has 5 nitrogen and oxygen atoms in total. The first-order valence-electron chi connectivity index (χ1n) is 5.91. The molecule has 1 aromatic rings. The number of hydrogen-bond acceptors (Lipinski definition) is 4. The van der Waals surface area contributed by atoms with E-state index >= 15 is 0 Å². The van der Waals surface area contributed by atoms with Crippen LogP contribution in [0.3, 0.4) is 0 Å². The standard InChI is InChI=1S/C12H20N4O/c1-3-9(4-2)7-15-12(17)10-5-6-14-8-11(10)16-13/h5-6,8-9,16H,3-4,7,13H2,1-2H3,(H,15,17). The summed E-state index contributed by atoms with van der Waals surface area (Å²) in [5.41, 5.74) is 3.53. The summed E-state index contributed by atoms with van der Waals surface area (Å²) in [7, 11) is 0. The third kappa shape index (κ3) is 3.71. The monoisotopic (exact) mass is 236 g/mol.